The minimum atomic E-state index is -0.507. The maximum atomic E-state index is 14.0. The number of amides is 2. The fourth-order valence-corrected chi connectivity index (χ4v) is 5.44. The van der Waals surface area contributed by atoms with Crippen LogP contribution < -0.4 is 15.5 Å². The Hall–Kier alpha value is -3.00. The van der Waals surface area contributed by atoms with Gasteiger partial charge in [0.15, 0.2) is 0 Å². The van der Waals surface area contributed by atoms with Crippen molar-refractivity contribution in [1.29, 1.82) is 0 Å². The second kappa shape index (κ2) is 11.8. The van der Waals surface area contributed by atoms with Crippen molar-refractivity contribution in [2.24, 2.45) is 5.92 Å². The molecule has 1 aromatic heterocycles. The second-order valence-electron chi connectivity index (χ2n) is 10.1. The molecule has 1 saturated heterocycles. The molecule has 36 heavy (non-hydrogen) atoms. The van der Waals surface area contributed by atoms with Crippen LogP contribution in [0.15, 0.2) is 42.7 Å². The zero-order valence-corrected chi connectivity index (χ0v) is 21.5. The van der Waals surface area contributed by atoms with Crippen molar-refractivity contribution in [3.8, 4) is 0 Å². The highest BCUT2D eigenvalue weighted by Gasteiger charge is 2.39. The zero-order chi connectivity index (χ0) is 25.7. The highest BCUT2D eigenvalue weighted by Crippen LogP contribution is 2.36. The summed E-state index contributed by atoms with van der Waals surface area (Å²) < 4.78 is 13.4. The number of nitrogens with one attached hydrogen (secondary N) is 2. The standard InChI is InChI=1S/C28H38FN5O2/c1-19(30-2)27(35)32-26(20-8-5-4-6-9-20)28(36)34-15-7-10-25(34)21-16-24(18-31-17-21)33(3)23-13-11-22(29)12-14-23/h11-14,16-20,25-26,30H,4-10,15H2,1-3H3,(H,32,35)/t19?,25?,26-/m0/s1. The second-order valence-corrected chi connectivity index (χ2v) is 10.1. The van der Waals surface area contributed by atoms with Crippen molar-refractivity contribution in [2.45, 2.75) is 70.0 Å². The molecular formula is C28H38FN5O2. The minimum Gasteiger partial charge on any atom is -0.343 e. The van der Waals surface area contributed by atoms with Gasteiger partial charge in [-0.3, -0.25) is 14.6 Å². The number of pyridine rings is 1. The number of carbonyl (C=O) groups is 2. The van der Waals surface area contributed by atoms with E-state index in [4.69, 9.17) is 0 Å². The molecule has 2 heterocycles. The van der Waals surface area contributed by atoms with Gasteiger partial charge in [-0.25, -0.2) is 4.39 Å². The SMILES string of the molecule is CNC(C)C(=O)N[C@H](C(=O)N1CCCC1c1cncc(N(C)c2ccc(F)cc2)c1)C1CCCCC1. The van der Waals surface area contributed by atoms with E-state index in [0.29, 0.717) is 6.54 Å². The van der Waals surface area contributed by atoms with Crippen LogP contribution in [-0.2, 0) is 9.59 Å². The summed E-state index contributed by atoms with van der Waals surface area (Å²) in [5.41, 5.74) is 2.71. The van der Waals surface area contributed by atoms with E-state index < -0.39 is 6.04 Å². The van der Waals surface area contributed by atoms with Crippen LogP contribution in [0.4, 0.5) is 15.8 Å². The molecule has 2 amide bonds. The Morgan fingerprint density at radius 2 is 1.78 bits per heavy atom. The third-order valence-corrected chi connectivity index (χ3v) is 7.78. The van der Waals surface area contributed by atoms with Crippen LogP contribution in [0, 0.1) is 11.7 Å². The maximum absolute atomic E-state index is 14.0. The molecule has 1 aliphatic heterocycles. The summed E-state index contributed by atoms with van der Waals surface area (Å²) >= 11 is 0. The Morgan fingerprint density at radius 1 is 1.06 bits per heavy atom. The largest absolute Gasteiger partial charge is 0.343 e. The number of likely N-dealkylation sites (N-methyl/N-ethyl adjacent to an activating group) is 1. The zero-order valence-electron chi connectivity index (χ0n) is 21.5. The number of halogens is 1. The van der Waals surface area contributed by atoms with Gasteiger partial charge in [0, 0.05) is 25.5 Å². The molecule has 2 unspecified atom stereocenters. The first kappa shape index (κ1) is 26.1. The third-order valence-electron chi connectivity index (χ3n) is 7.78. The summed E-state index contributed by atoms with van der Waals surface area (Å²) in [6, 6.07) is 7.45. The highest BCUT2D eigenvalue weighted by atomic mass is 19.1. The lowest BCUT2D eigenvalue weighted by Gasteiger charge is -2.35. The summed E-state index contributed by atoms with van der Waals surface area (Å²) in [6.07, 6.45) is 10.7. The fourth-order valence-electron chi connectivity index (χ4n) is 5.44. The molecular weight excluding hydrogens is 457 g/mol. The van der Waals surface area contributed by atoms with Crippen molar-refractivity contribution < 1.29 is 14.0 Å². The summed E-state index contributed by atoms with van der Waals surface area (Å²) in [5.74, 6) is -0.238. The molecule has 0 spiro atoms. The van der Waals surface area contributed by atoms with E-state index in [-0.39, 0.29) is 35.6 Å². The van der Waals surface area contributed by atoms with Crippen LogP contribution in [0.3, 0.4) is 0 Å². The van der Waals surface area contributed by atoms with Gasteiger partial charge >= 0.3 is 0 Å². The van der Waals surface area contributed by atoms with E-state index in [2.05, 4.69) is 21.7 Å². The molecule has 2 aromatic rings. The lowest BCUT2D eigenvalue weighted by Crippen LogP contribution is -2.55. The van der Waals surface area contributed by atoms with E-state index in [1.807, 2.05) is 30.0 Å². The van der Waals surface area contributed by atoms with Crippen molar-refractivity contribution in [3.05, 3.63) is 54.1 Å². The van der Waals surface area contributed by atoms with Crippen LogP contribution in [0.5, 0.6) is 0 Å². The van der Waals surface area contributed by atoms with Crippen LogP contribution in [0.25, 0.3) is 0 Å². The maximum Gasteiger partial charge on any atom is 0.245 e. The van der Waals surface area contributed by atoms with E-state index in [9.17, 15) is 14.0 Å². The van der Waals surface area contributed by atoms with Gasteiger partial charge in [-0.05, 0) is 81.5 Å². The Bertz CT molecular complexity index is 1040. The Morgan fingerprint density at radius 3 is 2.47 bits per heavy atom. The number of nitrogens with zero attached hydrogens (tertiary/aromatic N) is 3. The molecule has 0 bridgehead atoms. The molecule has 1 aliphatic carbocycles. The molecule has 7 nitrogen and oxygen atoms in total. The van der Waals surface area contributed by atoms with Crippen LogP contribution in [-0.4, -0.2) is 54.4 Å². The number of aromatic nitrogens is 1. The van der Waals surface area contributed by atoms with Gasteiger partial charge in [-0.15, -0.1) is 0 Å². The number of anilines is 2. The molecule has 1 saturated carbocycles. The van der Waals surface area contributed by atoms with Crippen LogP contribution in [0.1, 0.15) is 63.5 Å². The Kier molecular flexibility index (Phi) is 8.56. The van der Waals surface area contributed by atoms with Crippen LogP contribution >= 0.6 is 0 Å². The molecule has 1 aromatic carbocycles. The molecule has 2 N–H and O–H groups in total. The number of benzene rings is 1. The number of likely N-dealkylation sites (tertiary alicyclic amines) is 1. The number of rotatable bonds is 8. The van der Waals surface area contributed by atoms with Crippen LogP contribution in [0.2, 0.25) is 0 Å². The predicted octanol–water partition coefficient (Wildman–Crippen LogP) is 4.33. The Labute approximate surface area is 213 Å². The summed E-state index contributed by atoms with van der Waals surface area (Å²) in [5, 5.41) is 6.07. The lowest BCUT2D eigenvalue weighted by atomic mass is 9.83. The van der Waals surface area contributed by atoms with Gasteiger partial charge in [-0.1, -0.05) is 19.3 Å². The van der Waals surface area contributed by atoms with Gasteiger partial charge in [0.05, 0.1) is 24.0 Å². The first-order valence-electron chi connectivity index (χ1n) is 13.1. The van der Waals surface area contributed by atoms with Gasteiger partial charge in [0.25, 0.3) is 0 Å². The average Bonchev–Trinajstić information content (AvgIpc) is 3.41. The minimum absolute atomic E-state index is 0.0124. The topological polar surface area (TPSA) is 77.6 Å². The number of carbonyl (C=O) groups excluding carboxylic acids is 2. The monoisotopic (exact) mass is 495 g/mol. The molecule has 3 atom stereocenters. The lowest BCUT2D eigenvalue weighted by molar-refractivity contribution is -0.139. The molecule has 194 valence electrons. The molecule has 4 rings (SSSR count). The number of hydrogen-bond donors (Lipinski definition) is 2. The quantitative estimate of drug-likeness (QED) is 0.570. The van der Waals surface area contributed by atoms with Crippen molar-refractivity contribution in [2.75, 3.05) is 25.5 Å². The van der Waals surface area contributed by atoms with Crippen molar-refractivity contribution in [3.63, 3.8) is 0 Å². The average molecular weight is 496 g/mol. The summed E-state index contributed by atoms with van der Waals surface area (Å²) in [6.45, 7) is 2.48. The molecule has 2 fully saturated rings. The molecule has 0 radical (unpaired) electrons. The third kappa shape index (κ3) is 5.86. The van der Waals surface area contributed by atoms with Gasteiger partial charge in [0.1, 0.15) is 11.9 Å². The van der Waals surface area contributed by atoms with E-state index >= 15 is 0 Å². The normalized spacial score (nSPS) is 20.1. The Balaban J connectivity index is 1.56. The molecule has 2 aliphatic rings. The van der Waals surface area contributed by atoms with E-state index in [1.54, 1.807) is 25.4 Å². The summed E-state index contributed by atoms with van der Waals surface area (Å²) in [7, 11) is 3.67. The predicted molar refractivity (Wildman–Crippen MR) is 139 cm³/mol. The smallest absolute Gasteiger partial charge is 0.245 e. The first-order chi connectivity index (χ1) is 17.4. The van der Waals surface area contributed by atoms with Gasteiger partial charge in [-0.2, -0.15) is 0 Å². The first-order valence-corrected chi connectivity index (χ1v) is 13.1. The number of hydrogen-bond acceptors (Lipinski definition) is 5. The van der Waals surface area contributed by atoms with Gasteiger partial charge < -0.3 is 20.4 Å². The molecule has 8 heteroatoms. The summed E-state index contributed by atoms with van der Waals surface area (Å²) in [4.78, 5) is 35.1. The van der Waals surface area contributed by atoms with Gasteiger partial charge in [0.2, 0.25) is 11.8 Å². The van der Waals surface area contributed by atoms with Crippen molar-refractivity contribution >= 4 is 23.2 Å². The fraction of sp³-hybridized carbons (Fsp3) is 0.536. The van der Waals surface area contributed by atoms with E-state index in [0.717, 1.165) is 55.5 Å². The van der Waals surface area contributed by atoms with Crippen molar-refractivity contribution in [1.82, 2.24) is 20.5 Å². The van der Waals surface area contributed by atoms with E-state index in [1.165, 1.54) is 18.6 Å². The highest BCUT2D eigenvalue weighted by molar-refractivity contribution is 5.90.